The van der Waals surface area contributed by atoms with E-state index in [0.29, 0.717) is 71.8 Å². The van der Waals surface area contributed by atoms with Crippen molar-refractivity contribution in [1.82, 2.24) is 0 Å². The SMILES string of the molecule is CCCCCCCCCCCCCCCCCC(=O)OCCOCCOCCOCCOCCCl. The van der Waals surface area contributed by atoms with Gasteiger partial charge >= 0.3 is 5.97 Å². The molecule has 0 aliphatic rings. The maximum Gasteiger partial charge on any atom is 0.305 e. The zero-order valence-electron chi connectivity index (χ0n) is 22.7. The summed E-state index contributed by atoms with van der Waals surface area (Å²) in [6, 6.07) is 0. The molecule has 210 valence electrons. The molecule has 0 saturated heterocycles. The van der Waals surface area contributed by atoms with Gasteiger partial charge in [0.25, 0.3) is 0 Å². The van der Waals surface area contributed by atoms with Gasteiger partial charge in [-0.25, -0.2) is 0 Å². The molecule has 0 unspecified atom stereocenters. The number of alkyl halides is 1. The minimum Gasteiger partial charge on any atom is -0.463 e. The second kappa shape index (κ2) is 31.6. The molecule has 0 aromatic heterocycles. The highest BCUT2D eigenvalue weighted by Crippen LogP contribution is 2.13. The maximum atomic E-state index is 11.8. The fourth-order valence-corrected chi connectivity index (χ4v) is 3.85. The number of esters is 1. The highest BCUT2D eigenvalue weighted by atomic mass is 35.5. The molecule has 0 bridgehead atoms. The summed E-state index contributed by atoms with van der Waals surface area (Å²) in [6.07, 6.45) is 20.4. The van der Waals surface area contributed by atoms with Crippen LogP contribution < -0.4 is 0 Å². The number of unbranched alkanes of at least 4 members (excludes halogenated alkanes) is 14. The third-order valence-electron chi connectivity index (χ3n) is 5.81. The highest BCUT2D eigenvalue weighted by Gasteiger charge is 2.02. The Hall–Kier alpha value is -0.400. The van der Waals surface area contributed by atoms with Crippen LogP contribution in [0.4, 0.5) is 0 Å². The largest absolute Gasteiger partial charge is 0.463 e. The summed E-state index contributed by atoms with van der Waals surface area (Å²) in [7, 11) is 0. The average Bonchev–Trinajstić information content (AvgIpc) is 2.86. The van der Waals surface area contributed by atoms with Crippen LogP contribution in [0.3, 0.4) is 0 Å². The monoisotopic (exact) mass is 522 g/mol. The molecule has 0 amide bonds. The molecule has 0 heterocycles. The molecule has 0 atom stereocenters. The van der Waals surface area contributed by atoms with Crippen molar-refractivity contribution in [1.29, 1.82) is 0 Å². The van der Waals surface area contributed by atoms with Gasteiger partial charge in [0, 0.05) is 12.3 Å². The second-order valence-corrected chi connectivity index (χ2v) is 9.44. The first-order valence-electron chi connectivity index (χ1n) is 14.3. The topological polar surface area (TPSA) is 63.2 Å². The van der Waals surface area contributed by atoms with E-state index in [0.717, 1.165) is 12.8 Å². The Labute approximate surface area is 221 Å². The van der Waals surface area contributed by atoms with E-state index in [9.17, 15) is 4.79 Å². The lowest BCUT2D eigenvalue weighted by Crippen LogP contribution is -2.14. The summed E-state index contributed by atoms with van der Waals surface area (Å²) >= 11 is 5.50. The van der Waals surface area contributed by atoms with Crippen molar-refractivity contribution in [3.63, 3.8) is 0 Å². The number of ether oxygens (including phenoxy) is 5. The van der Waals surface area contributed by atoms with Crippen LogP contribution in [-0.2, 0) is 28.5 Å². The van der Waals surface area contributed by atoms with Gasteiger partial charge in [0.15, 0.2) is 0 Å². The molecule has 0 saturated carbocycles. The van der Waals surface area contributed by atoms with Crippen LogP contribution in [0.5, 0.6) is 0 Å². The molecule has 7 heteroatoms. The first-order chi connectivity index (χ1) is 17.3. The first-order valence-corrected chi connectivity index (χ1v) is 14.9. The van der Waals surface area contributed by atoms with Gasteiger partial charge < -0.3 is 23.7 Å². The van der Waals surface area contributed by atoms with Crippen LogP contribution in [0, 0.1) is 0 Å². The van der Waals surface area contributed by atoms with E-state index < -0.39 is 0 Å². The molecular weight excluding hydrogens is 468 g/mol. The van der Waals surface area contributed by atoms with E-state index in [-0.39, 0.29) is 5.97 Å². The Kier molecular flexibility index (Phi) is 31.3. The zero-order chi connectivity index (χ0) is 25.5. The summed E-state index contributed by atoms with van der Waals surface area (Å²) in [4.78, 5) is 11.8. The molecular formula is C28H55ClO6. The van der Waals surface area contributed by atoms with Crippen LogP contribution in [0.1, 0.15) is 110 Å². The lowest BCUT2D eigenvalue weighted by molar-refractivity contribution is -0.145. The van der Waals surface area contributed by atoms with Crippen molar-refractivity contribution in [2.24, 2.45) is 0 Å². The molecule has 0 fully saturated rings. The molecule has 0 aliphatic heterocycles. The molecule has 0 aromatic carbocycles. The predicted molar refractivity (Wildman–Crippen MR) is 145 cm³/mol. The van der Waals surface area contributed by atoms with Crippen molar-refractivity contribution >= 4 is 17.6 Å². The van der Waals surface area contributed by atoms with Crippen molar-refractivity contribution in [2.45, 2.75) is 110 Å². The lowest BCUT2D eigenvalue weighted by atomic mass is 10.0. The Morgan fingerprint density at radius 1 is 0.486 bits per heavy atom. The van der Waals surface area contributed by atoms with Crippen LogP contribution >= 0.6 is 11.6 Å². The van der Waals surface area contributed by atoms with Crippen LogP contribution in [0.25, 0.3) is 0 Å². The number of carbonyl (C=O) groups excluding carboxylic acids is 1. The van der Waals surface area contributed by atoms with Crippen molar-refractivity contribution in [3.8, 4) is 0 Å². The van der Waals surface area contributed by atoms with E-state index in [1.165, 1.54) is 83.5 Å². The summed E-state index contributed by atoms with van der Waals surface area (Å²) in [5.41, 5.74) is 0. The van der Waals surface area contributed by atoms with Gasteiger partial charge in [0.2, 0.25) is 0 Å². The lowest BCUT2D eigenvalue weighted by Gasteiger charge is -2.08. The van der Waals surface area contributed by atoms with E-state index in [1.807, 2.05) is 0 Å². The number of halogens is 1. The molecule has 0 spiro atoms. The molecule has 0 aromatic rings. The minimum atomic E-state index is -0.119. The average molecular weight is 523 g/mol. The third kappa shape index (κ3) is 31.6. The Morgan fingerprint density at radius 3 is 1.23 bits per heavy atom. The van der Waals surface area contributed by atoms with Gasteiger partial charge in [-0.1, -0.05) is 96.8 Å². The van der Waals surface area contributed by atoms with Crippen LogP contribution in [0.2, 0.25) is 0 Å². The molecule has 0 radical (unpaired) electrons. The van der Waals surface area contributed by atoms with Gasteiger partial charge in [-0.05, 0) is 6.42 Å². The fourth-order valence-electron chi connectivity index (χ4n) is 3.74. The van der Waals surface area contributed by atoms with Crippen molar-refractivity contribution in [2.75, 3.05) is 65.3 Å². The summed E-state index contributed by atoms with van der Waals surface area (Å²) < 4.78 is 26.6. The summed E-state index contributed by atoms with van der Waals surface area (Å²) in [5, 5.41) is 0. The van der Waals surface area contributed by atoms with Crippen molar-refractivity contribution < 1.29 is 28.5 Å². The van der Waals surface area contributed by atoms with E-state index in [4.69, 9.17) is 35.3 Å². The molecule has 0 aliphatic carbocycles. The quantitative estimate of drug-likeness (QED) is 0.0569. The maximum absolute atomic E-state index is 11.8. The number of carbonyl (C=O) groups is 1. The Bertz CT molecular complexity index is 411. The van der Waals surface area contributed by atoms with Gasteiger partial charge in [-0.15, -0.1) is 11.6 Å². The zero-order valence-corrected chi connectivity index (χ0v) is 23.5. The van der Waals surface area contributed by atoms with E-state index in [2.05, 4.69) is 6.92 Å². The van der Waals surface area contributed by atoms with Crippen LogP contribution in [-0.4, -0.2) is 71.3 Å². The van der Waals surface area contributed by atoms with Gasteiger partial charge in [0.05, 0.1) is 52.9 Å². The van der Waals surface area contributed by atoms with Crippen molar-refractivity contribution in [3.05, 3.63) is 0 Å². The molecule has 0 rings (SSSR count). The van der Waals surface area contributed by atoms with Gasteiger partial charge in [-0.2, -0.15) is 0 Å². The standard InChI is InChI=1S/C28H55ClO6/c1-2-3-4-5-6-7-8-9-10-11-12-13-14-15-16-17-28(30)35-27-26-34-25-24-33-23-22-32-21-20-31-19-18-29/h2-27H2,1H3. The van der Waals surface area contributed by atoms with Gasteiger partial charge in [-0.3, -0.25) is 4.79 Å². The smallest absolute Gasteiger partial charge is 0.305 e. The normalized spacial score (nSPS) is 11.3. The van der Waals surface area contributed by atoms with E-state index in [1.54, 1.807) is 0 Å². The second-order valence-electron chi connectivity index (χ2n) is 9.06. The third-order valence-corrected chi connectivity index (χ3v) is 5.97. The Balaban J connectivity index is 3.14. The van der Waals surface area contributed by atoms with Crippen LogP contribution in [0.15, 0.2) is 0 Å². The fraction of sp³-hybridized carbons (Fsp3) is 0.964. The predicted octanol–water partition coefficient (Wildman–Crippen LogP) is 7.10. The van der Waals surface area contributed by atoms with E-state index >= 15 is 0 Å². The molecule has 6 nitrogen and oxygen atoms in total. The highest BCUT2D eigenvalue weighted by molar-refractivity contribution is 6.17. The molecule has 35 heavy (non-hydrogen) atoms. The number of rotatable bonds is 30. The number of hydrogen-bond acceptors (Lipinski definition) is 6. The molecule has 0 N–H and O–H groups in total. The summed E-state index contributed by atoms with van der Waals surface area (Å²) in [5.74, 6) is 0.383. The Morgan fingerprint density at radius 2 is 0.829 bits per heavy atom. The number of hydrogen-bond donors (Lipinski definition) is 0. The minimum absolute atomic E-state index is 0.119. The first kappa shape index (κ1) is 34.6. The van der Waals surface area contributed by atoms with Gasteiger partial charge in [0.1, 0.15) is 6.61 Å². The summed E-state index contributed by atoms with van der Waals surface area (Å²) in [6.45, 7) is 6.66.